The molecule has 0 atom stereocenters. The molecule has 1 aromatic carbocycles. The van der Waals surface area contributed by atoms with E-state index in [9.17, 15) is 4.79 Å². The summed E-state index contributed by atoms with van der Waals surface area (Å²) in [6.07, 6.45) is 1.13. The highest BCUT2D eigenvalue weighted by atomic mass is 35.5. The van der Waals surface area contributed by atoms with E-state index < -0.39 is 0 Å². The van der Waals surface area contributed by atoms with Gasteiger partial charge in [-0.25, -0.2) is 0 Å². The molecule has 0 saturated carbocycles. The third-order valence-electron chi connectivity index (χ3n) is 2.19. The second-order valence-electron chi connectivity index (χ2n) is 4.25. The maximum Gasteiger partial charge on any atom is 0.224 e. The van der Waals surface area contributed by atoms with Crippen molar-refractivity contribution in [1.29, 1.82) is 0 Å². The van der Waals surface area contributed by atoms with Crippen LogP contribution in [0.5, 0.6) is 0 Å². The van der Waals surface area contributed by atoms with Crippen LogP contribution in [0.1, 0.15) is 26.7 Å². The van der Waals surface area contributed by atoms with Crippen molar-refractivity contribution in [3.8, 4) is 0 Å². The first-order valence-electron chi connectivity index (χ1n) is 5.99. The predicted octanol–water partition coefficient (Wildman–Crippen LogP) is 3.94. The number of thioether (sulfide) groups is 1. The molecule has 3 nitrogen and oxygen atoms in total. The number of nitrogens with one attached hydrogen (secondary N) is 1. The Morgan fingerprint density at radius 1 is 1.47 bits per heavy atom. The molecule has 1 rings (SSSR count). The van der Waals surface area contributed by atoms with E-state index in [0.717, 1.165) is 10.6 Å². The lowest BCUT2D eigenvalue weighted by atomic mass is 10.2. The van der Waals surface area contributed by atoms with E-state index in [-0.39, 0.29) is 18.3 Å². The van der Waals surface area contributed by atoms with Crippen molar-refractivity contribution in [3.63, 3.8) is 0 Å². The second kappa shape index (κ2) is 9.48. The van der Waals surface area contributed by atoms with Crippen molar-refractivity contribution in [1.82, 2.24) is 0 Å². The van der Waals surface area contributed by atoms with E-state index >= 15 is 0 Å². The van der Waals surface area contributed by atoms with Crippen molar-refractivity contribution in [2.24, 2.45) is 5.73 Å². The van der Waals surface area contributed by atoms with Crippen molar-refractivity contribution in [2.45, 2.75) is 36.8 Å². The van der Waals surface area contributed by atoms with Crippen LogP contribution in [-0.4, -0.2) is 17.7 Å². The highest BCUT2D eigenvalue weighted by Crippen LogP contribution is 2.32. The molecule has 1 aromatic rings. The summed E-state index contributed by atoms with van der Waals surface area (Å²) in [5, 5.41) is 3.96. The van der Waals surface area contributed by atoms with Crippen LogP contribution in [0.4, 0.5) is 5.69 Å². The lowest BCUT2D eigenvalue weighted by molar-refractivity contribution is -0.116. The molecule has 19 heavy (non-hydrogen) atoms. The fourth-order valence-corrected chi connectivity index (χ4v) is 2.50. The molecule has 0 heterocycles. The zero-order valence-corrected chi connectivity index (χ0v) is 13.5. The van der Waals surface area contributed by atoms with E-state index in [2.05, 4.69) is 19.2 Å². The smallest absolute Gasteiger partial charge is 0.224 e. The average Bonchev–Trinajstić information content (AvgIpc) is 2.29. The number of rotatable bonds is 6. The minimum Gasteiger partial charge on any atom is -0.330 e. The lowest BCUT2D eigenvalue weighted by Crippen LogP contribution is -2.14. The van der Waals surface area contributed by atoms with Gasteiger partial charge in [0, 0.05) is 21.6 Å². The van der Waals surface area contributed by atoms with Crippen LogP contribution in [0.2, 0.25) is 5.02 Å². The number of carbonyl (C=O) groups is 1. The van der Waals surface area contributed by atoms with Crippen LogP contribution >= 0.6 is 35.8 Å². The second-order valence-corrected chi connectivity index (χ2v) is 6.30. The predicted molar refractivity (Wildman–Crippen MR) is 86.6 cm³/mol. The maximum absolute atomic E-state index is 11.7. The third kappa shape index (κ3) is 7.06. The quantitative estimate of drug-likeness (QED) is 0.780. The zero-order chi connectivity index (χ0) is 13.5. The van der Waals surface area contributed by atoms with Crippen LogP contribution < -0.4 is 11.1 Å². The van der Waals surface area contributed by atoms with E-state index in [1.807, 2.05) is 12.1 Å². The Kier molecular flexibility index (Phi) is 9.27. The Bertz CT molecular complexity index is 414. The first-order valence-corrected chi connectivity index (χ1v) is 7.25. The summed E-state index contributed by atoms with van der Waals surface area (Å²) in [6.45, 7) is 4.75. The molecule has 6 heteroatoms. The molecule has 0 spiro atoms. The Labute approximate surface area is 130 Å². The standard InChI is InChI=1S/C13H19ClN2OS.ClH/c1-9(2)18-12-6-5-10(14)8-11(12)16-13(17)4-3-7-15;/h5-6,8-9H,3-4,7,15H2,1-2H3,(H,16,17);1H. The molecular formula is C13H20Cl2N2OS. The van der Waals surface area contributed by atoms with Crippen molar-refractivity contribution in [3.05, 3.63) is 23.2 Å². The number of hydrogen-bond acceptors (Lipinski definition) is 3. The monoisotopic (exact) mass is 322 g/mol. The molecule has 0 bridgehead atoms. The number of amides is 1. The Balaban J connectivity index is 0.00000324. The molecule has 3 N–H and O–H groups in total. The van der Waals surface area contributed by atoms with E-state index in [0.29, 0.717) is 29.7 Å². The zero-order valence-electron chi connectivity index (χ0n) is 11.1. The maximum atomic E-state index is 11.7. The van der Waals surface area contributed by atoms with Crippen molar-refractivity contribution in [2.75, 3.05) is 11.9 Å². The Morgan fingerprint density at radius 2 is 2.16 bits per heavy atom. The SMILES string of the molecule is CC(C)Sc1ccc(Cl)cc1NC(=O)CCCN.Cl. The molecule has 0 fully saturated rings. The summed E-state index contributed by atoms with van der Waals surface area (Å²) in [5.74, 6) is -0.0201. The summed E-state index contributed by atoms with van der Waals surface area (Å²) < 4.78 is 0. The fourth-order valence-electron chi connectivity index (χ4n) is 1.43. The van der Waals surface area contributed by atoms with Crippen molar-refractivity contribution >= 4 is 47.4 Å². The number of carbonyl (C=O) groups excluding carboxylic acids is 1. The molecule has 0 aliphatic carbocycles. The molecular weight excluding hydrogens is 303 g/mol. The summed E-state index contributed by atoms with van der Waals surface area (Å²) in [7, 11) is 0. The van der Waals surface area contributed by atoms with Crippen LogP contribution in [-0.2, 0) is 4.79 Å². The normalized spacial score (nSPS) is 10.2. The van der Waals surface area contributed by atoms with Gasteiger partial charge in [-0.05, 0) is 31.2 Å². The first kappa shape index (κ1) is 18.6. The van der Waals surface area contributed by atoms with Gasteiger partial charge < -0.3 is 11.1 Å². The van der Waals surface area contributed by atoms with E-state index in [1.54, 1.807) is 17.8 Å². The molecule has 0 aromatic heterocycles. The van der Waals surface area contributed by atoms with Gasteiger partial charge in [0.25, 0.3) is 0 Å². The Morgan fingerprint density at radius 3 is 2.74 bits per heavy atom. The molecule has 0 aliphatic heterocycles. The van der Waals surface area contributed by atoms with Gasteiger partial charge in [0.1, 0.15) is 0 Å². The molecule has 1 amide bonds. The lowest BCUT2D eigenvalue weighted by Gasteiger charge is -2.13. The number of nitrogens with two attached hydrogens (primary N) is 1. The van der Waals surface area contributed by atoms with Crippen LogP contribution in [0.25, 0.3) is 0 Å². The molecule has 0 aliphatic rings. The van der Waals surface area contributed by atoms with Crippen molar-refractivity contribution < 1.29 is 4.79 Å². The molecule has 108 valence electrons. The molecule has 0 saturated heterocycles. The van der Waals surface area contributed by atoms with Gasteiger partial charge in [0.2, 0.25) is 5.91 Å². The summed E-state index contributed by atoms with van der Waals surface area (Å²) >= 11 is 7.66. The van der Waals surface area contributed by atoms with Gasteiger partial charge in [-0.15, -0.1) is 24.2 Å². The van der Waals surface area contributed by atoms with Gasteiger partial charge in [-0.1, -0.05) is 25.4 Å². The van der Waals surface area contributed by atoms with Crippen LogP contribution in [0.3, 0.4) is 0 Å². The number of hydrogen-bond donors (Lipinski definition) is 2. The largest absolute Gasteiger partial charge is 0.330 e. The van der Waals surface area contributed by atoms with Gasteiger partial charge in [0.15, 0.2) is 0 Å². The van der Waals surface area contributed by atoms with Gasteiger partial charge in [-0.3, -0.25) is 4.79 Å². The first-order chi connectivity index (χ1) is 8.52. The minimum atomic E-state index is -0.0201. The van der Waals surface area contributed by atoms with Crippen LogP contribution in [0.15, 0.2) is 23.1 Å². The van der Waals surface area contributed by atoms with E-state index in [1.165, 1.54) is 0 Å². The van der Waals surface area contributed by atoms with Crippen LogP contribution in [0, 0.1) is 0 Å². The van der Waals surface area contributed by atoms with E-state index in [4.69, 9.17) is 17.3 Å². The molecule has 0 radical (unpaired) electrons. The fraction of sp³-hybridized carbons (Fsp3) is 0.462. The summed E-state index contributed by atoms with van der Waals surface area (Å²) in [5.41, 5.74) is 6.17. The summed E-state index contributed by atoms with van der Waals surface area (Å²) in [4.78, 5) is 12.7. The Hall–Kier alpha value is -0.420. The van der Waals surface area contributed by atoms with Gasteiger partial charge >= 0.3 is 0 Å². The topological polar surface area (TPSA) is 55.1 Å². The highest BCUT2D eigenvalue weighted by molar-refractivity contribution is 8.00. The van der Waals surface area contributed by atoms with Gasteiger partial charge in [0.05, 0.1) is 5.69 Å². The number of benzene rings is 1. The molecule has 0 unspecified atom stereocenters. The third-order valence-corrected chi connectivity index (χ3v) is 3.50. The van der Waals surface area contributed by atoms with Gasteiger partial charge in [-0.2, -0.15) is 0 Å². The summed E-state index contributed by atoms with van der Waals surface area (Å²) in [6, 6.07) is 5.56. The number of halogens is 2. The average molecular weight is 323 g/mol. The minimum absolute atomic E-state index is 0. The highest BCUT2D eigenvalue weighted by Gasteiger charge is 2.09. The number of anilines is 1.